The third-order valence-electron chi connectivity index (χ3n) is 3.41. The van der Waals surface area contributed by atoms with Gasteiger partial charge in [0.15, 0.2) is 0 Å². The van der Waals surface area contributed by atoms with Crippen molar-refractivity contribution < 1.29 is 4.79 Å². The van der Waals surface area contributed by atoms with Gasteiger partial charge in [0.25, 0.3) is 5.91 Å². The van der Waals surface area contributed by atoms with Crippen LogP contribution in [-0.4, -0.2) is 15.3 Å². The third kappa shape index (κ3) is 2.83. The molecule has 1 N–H and O–H groups in total. The molecule has 108 valence electrons. The number of rotatable bonds is 4. The number of hydrogen-bond acceptors (Lipinski definition) is 3. The van der Waals surface area contributed by atoms with Crippen LogP contribution in [0.25, 0.3) is 5.65 Å². The second kappa shape index (κ2) is 5.69. The highest BCUT2D eigenvalue weighted by molar-refractivity contribution is 7.14. The maximum absolute atomic E-state index is 12.2. The summed E-state index contributed by atoms with van der Waals surface area (Å²) in [5.74, 6) is -0.0279. The van der Waals surface area contributed by atoms with Crippen LogP contribution in [0, 0.1) is 6.92 Å². The van der Waals surface area contributed by atoms with Gasteiger partial charge in [-0.3, -0.25) is 4.79 Å². The molecule has 0 fully saturated rings. The Morgan fingerprint density at radius 2 is 2.29 bits per heavy atom. The molecule has 0 atom stereocenters. The number of amides is 1. The average Bonchev–Trinajstić information content (AvgIpc) is 3.07. The molecule has 3 aromatic rings. The minimum absolute atomic E-state index is 0.0279. The van der Waals surface area contributed by atoms with Gasteiger partial charge in [0.2, 0.25) is 0 Å². The van der Waals surface area contributed by atoms with E-state index < -0.39 is 0 Å². The van der Waals surface area contributed by atoms with E-state index in [9.17, 15) is 4.79 Å². The van der Waals surface area contributed by atoms with E-state index in [4.69, 9.17) is 0 Å². The van der Waals surface area contributed by atoms with Crippen LogP contribution in [0.15, 0.2) is 36.7 Å². The minimum atomic E-state index is -0.0279. The summed E-state index contributed by atoms with van der Waals surface area (Å²) in [5.41, 5.74) is 2.95. The lowest BCUT2D eigenvalue weighted by atomic mass is 10.2. The van der Waals surface area contributed by atoms with Gasteiger partial charge in [-0.2, -0.15) is 0 Å². The van der Waals surface area contributed by atoms with E-state index in [2.05, 4.69) is 17.2 Å². The molecule has 0 aliphatic rings. The van der Waals surface area contributed by atoms with Gasteiger partial charge >= 0.3 is 0 Å². The van der Waals surface area contributed by atoms with Gasteiger partial charge in [-0.05, 0) is 37.1 Å². The molecular weight excluding hydrogens is 282 g/mol. The number of carbonyl (C=O) groups excluding carboxylic acids is 1. The summed E-state index contributed by atoms with van der Waals surface area (Å²) in [4.78, 5) is 18.7. The molecule has 0 aliphatic heterocycles. The highest BCUT2D eigenvalue weighted by atomic mass is 32.1. The molecule has 0 saturated heterocycles. The van der Waals surface area contributed by atoms with Crippen molar-refractivity contribution in [3.8, 4) is 0 Å². The lowest BCUT2D eigenvalue weighted by Gasteiger charge is -2.00. The molecule has 0 saturated carbocycles. The van der Waals surface area contributed by atoms with E-state index in [1.807, 2.05) is 48.0 Å². The molecule has 3 heterocycles. The van der Waals surface area contributed by atoms with Crippen LogP contribution < -0.4 is 5.32 Å². The Hall–Kier alpha value is -2.14. The fourth-order valence-corrected chi connectivity index (χ4v) is 3.34. The van der Waals surface area contributed by atoms with E-state index >= 15 is 0 Å². The summed E-state index contributed by atoms with van der Waals surface area (Å²) in [6.07, 6.45) is 4.85. The summed E-state index contributed by atoms with van der Waals surface area (Å²) in [6.45, 7) is 4.60. The molecule has 4 nitrogen and oxygen atoms in total. The maximum atomic E-state index is 12.2. The van der Waals surface area contributed by atoms with Crippen LogP contribution in [0.4, 0.5) is 0 Å². The first-order valence-electron chi connectivity index (χ1n) is 6.97. The Morgan fingerprint density at radius 3 is 3.00 bits per heavy atom. The average molecular weight is 299 g/mol. The summed E-state index contributed by atoms with van der Waals surface area (Å²) in [5, 5.41) is 2.94. The molecule has 0 spiro atoms. The lowest BCUT2D eigenvalue weighted by Crippen LogP contribution is -2.21. The van der Waals surface area contributed by atoms with Gasteiger partial charge in [0, 0.05) is 17.3 Å². The summed E-state index contributed by atoms with van der Waals surface area (Å²) in [7, 11) is 0. The summed E-state index contributed by atoms with van der Waals surface area (Å²) >= 11 is 1.57. The van der Waals surface area contributed by atoms with Crippen LogP contribution in [0.1, 0.15) is 32.7 Å². The van der Waals surface area contributed by atoms with Crippen LogP contribution >= 0.6 is 11.3 Å². The van der Waals surface area contributed by atoms with Crippen molar-refractivity contribution in [3.63, 3.8) is 0 Å². The molecular formula is C16H17N3OS. The van der Waals surface area contributed by atoms with Gasteiger partial charge in [-0.1, -0.05) is 13.0 Å². The van der Waals surface area contributed by atoms with Crippen molar-refractivity contribution in [2.24, 2.45) is 0 Å². The second-order valence-corrected chi connectivity index (χ2v) is 6.09. The van der Waals surface area contributed by atoms with Gasteiger partial charge in [-0.15, -0.1) is 11.3 Å². The van der Waals surface area contributed by atoms with Crippen LogP contribution in [0.2, 0.25) is 0 Å². The topological polar surface area (TPSA) is 46.4 Å². The summed E-state index contributed by atoms with van der Waals surface area (Å²) in [6, 6.07) is 7.81. The molecule has 0 radical (unpaired) electrons. The van der Waals surface area contributed by atoms with E-state index in [0.29, 0.717) is 6.54 Å². The van der Waals surface area contributed by atoms with Gasteiger partial charge in [-0.25, -0.2) is 4.98 Å². The Morgan fingerprint density at radius 1 is 1.43 bits per heavy atom. The van der Waals surface area contributed by atoms with Crippen molar-refractivity contribution >= 4 is 22.9 Å². The molecule has 5 heteroatoms. The number of aromatic nitrogens is 2. The van der Waals surface area contributed by atoms with Crippen molar-refractivity contribution in [2.45, 2.75) is 26.8 Å². The fraction of sp³-hybridized carbons (Fsp3) is 0.250. The Bertz CT molecular complexity index is 755. The summed E-state index contributed by atoms with van der Waals surface area (Å²) < 4.78 is 1.95. The second-order valence-electron chi connectivity index (χ2n) is 4.95. The number of nitrogens with one attached hydrogen (secondary N) is 1. The van der Waals surface area contributed by atoms with E-state index in [1.54, 1.807) is 11.3 Å². The predicted octanol–water partition coefficient (Wildman–Crippen LogP) is 3.20. The monoisotopic (exact) mass is 299 g/mol. The maximum Gasteiger partial charge on any atom is 0.261 e. The molecule has 3 rings (SSSR count). The van der Waals surface area contributed by atoms with Crippen molar-refractivity contribution in [2.75, 3.05) is 0 Å². The molecule has 0 unspecified atom stereocenters. The Labute approximate surface area is 127 Å². The Kier molecular flexibility index (Phi) is 3.75. The SMILES string of the molecule is CCc1sc(C(=O)NCc2cn3ccccc3n2)cc1C. The fourth-order valence-electron chi connectivity index (χ4n) is 2.31. The van der Waals surface area contributed by atoms with Gasteiger partial charge in [0.1, 0.15) is 5.65 Å². The largest absolute Gasteiger partial charge is 0.346 e. The van der Waals surface area contributed by atoms with Gasteiger partial charge in [0.05, 0.1) is 17.1 Å². The normalized spacial score (nSPS) is 11.0. The molecule has 0 aliphatic carbocycles. The van der Waals surface area contributed by atoms with Crippen molar-refractivity contribution in [1.82, 2.24) is 14.7 Å². The van der Waals surface area contributed by atoms with Crippen molar-refractivity contribution in [1.29, 1.82) is 0 Å². The third-order valence-corrected chi connectivity index (χ3v) is 4.79. The zero-order valence-corrected chi connectivity index (χ0v) is 12.9. The van der Waals surface area contributed by atoms with Crippen molar-refractivity contribution in [3.05, 3.63) is 57.7 Å². The zero-order valence-electron chi connectivity index (χ0n) is 12.1. The van der Waals surface area contributed by atoms with Crippen LogP contribution in [-0.2, 0) is 13.0 Å². The van der Waals surface area contributed by atoms with Gasteiger partial charge < -0.3 is 9.72 Å². The number of imidazole rings is 1. The number of nitrogens with zero attached hydrogens (tertiary/aromatic N) is 2. The molecule has 21 heavy (non-hydrogen) atoms. The lowest BCUT2D eigenvalue weighted by molar-refractivity contribution is 0.0954. The molecule has 1 amide bonds. The number of carbonyl (C=O) groups is 1. The van der Waals surface area contributed by atoms with E-state index in [1.165, 1.54) is 10.4 Å². The zero-order chi connectivity index (χ0) is 14.8. The highest BCUT2D eigenvalue weighted by Gasteiger charge is 2.12. The van der Waals surface area contributed by atoms with Crippen LogP contribution in [0.3, 0.4) is 0 Å². The number of hydrogen-bond donors (Lipinski definition) is 1. The number of aryl methyl sites for hydroxylation is 2. The van der Waals surface area contributed by atoms with E-state index in [-0.39, 0.29) is 5.91 Å². The Balaban J connectivity index is 1.70. The minimum Gasteiger partial charge on any atom is -0.346 e. The molecule has 0 bridgehead atoms. The first-order valence-corrected chi connectivity index (χ1v) is 7.79. The molecule has 0 aromatic carbocycles. The molecule has 3 aromatic heterocycles. The first kappa shape index (κ1) is 13.8. The van der Waals surface area contributed by atoms with Crippen LogP contribution in [0.5, 0.6) is 0 Å². The predicted molar refractivity (Wildman–Crippen MR) is 84.8 cm³/mol. The highest BCUT2D eigenvalue weighted by Crippen LogP contribution is 2.22. The number of fused-ring (bicyclic) bond motifs is 1. The number of pyridine rings is 1. The number of thiophene rings is 1. The quantitative estimate of drug-likeness (QED) is 0.804. The first-order chi connectivity index (χ1) is 10.2. The standard InChI is InChI=1S/C16H17N3OS/c1-3-13-11(2)8-14(21-13)16(20)17-9-12-10-19-7-5-4-6-15(19)18-12/h4-8,10H,3,9H2,1-2H3,(H,17,20). The van der Waals surface area contributed by atoms with E-state index in [0.717, 1.165) is 22.6 Å². The smallest absolute Gasteiger partial charge is 0.261 e.